The number of fused-ring (bicyclic) bond motifs is 1. The number of alkyl halides is 3. The van der Waals surface area contributed by atoms with Gasteiger partial charge in [0.2, 0.25) is 0 Å². The van der Waals surface area contributed by atoms with Crippen molar-refractivity contribution >= 4 is 22.8 Å². The van der Waals surface area contributed by atoms with E-state index in [-0.39, 0.29) is 42.4 Å². The fourth-order valence-corrected chi connectivity index (χ4v) is 4.75. The lowest BCUT2D eigenvalue weighted by atomic mass is 9.99. The van der Waals surface area contributed by atoms with Gasteiger partial charge in [0.15, 0.2) is 11.2 Å². The van der Waals surface area contributed by atoms with Crippen LogP contribution in [0.4, 0.5) is 13.2 Å². The normalized spacial score (nSPS) is 17.1. The van der Waals surface area contributed by atoms with Crippen LogP contribution in [0.3, 0.4) is 0 Å². The maximum Gasteiger partial charge on any atom is 0.573 e. The van der Waals surface area contributed by atoms with Gasteiger partial charge in [-0.2, -0.15) is 4.98 Å². The van der Waals surface area contributed by atoms with Crippen molar-refractivity contribution in [3.8, 4) is 17.5 Å². The predicted molar refractivity (Wildman–Crippen MR) is 141 cm³/mol. The van der Waals surface area contributed by atoms with Crippen LogP contribution in [0.2, 0.25) is 5.02 Å². The molecule has 2 heterocycles. The van der Waals surface area contributed by atoms with Crippen molar-refractivity contribution in [1.29, 1.82) is 0 Å². The van der Waals surface area contributed by atoms with E-state index in [2.05, 4.69) is 9.72 Å². The van der Waals surface area contributed by atoms with Crippen LogP contribution in [0.25, 0.3) is 11.2 Å². The highest BCUT2D eigenvalue weighted by atomic mass is 35.5. The van der Waals surface area contributed by atoms with Crippen molar-refractivity contribution in [1.82, 2.24) is 18.7 Å². The van der Waals surface area contributed by atoms with E-state index in [0.29, 0.717) is 23.4 Å². The Balaban J connectivity index is 1.61. The van der Waals surface area contributed by atoms with Gasteiger partial charge in [0, 0.05) is 24.7 Å². The SMILES string of the molecule is Cn1c(=O)n(CCC2(O)C=CCC2)c(=O)c2c1nc(Oc1cccc(OC(F)(F)F)c1)n2Cc1ccc(Cl)cc1. The van der Waals surface area contributed by atoms with Gasteiger partial charge in [-0.15, -0.1) is 13.2 Å². The summed E-state index contributed by atoms with van der Waals surface area (Å²) in [5.41, 5.74) is -1.60. The molecule has 0 radical (unpaired) electrons. The van der Waals surface area contributed by atoms with Crippen LogP contribution in [0.5, 0.6) is 17.5 Å². The molecule has 0 saturated carbocycles. The molecule has 5 rings (SSSR count). The second-order valence-corrected chi connectivity index (χ2v) is 9.93. The Morgan fingerprint density at radius 1 is 1.10 bits per heavy atom. The Morgan fingerprint density at radius 3 is 2.50 bits per heavy atom. The molecule has 1 atom stereocenters. The number of ether oxygens (including phenoxy) is 2. The van der Waals surface area contributed by atoms with E-state index < -0.39 is 29.0 Å². The van der Waals surface area contributed by atoms with E-state index in [0.717, 1.165) is 16.7 Å². The largest absolute Gasteiger partial charge is 0.573 e. The van der Waals surface area contributed by atoms with E-state index in [9.17, 15) is 27.9 Å². The Hall–Kier alpha value is -4.03. The zero-order valence-electron chi connectivity index (χ0n) is 21.2. The molecule has 1 aliphatic rings. The number of aryl methyl sites for hydroxylation is 1. The fourth-order valence-electron chi connectivity index (χ4n) is 4.62. The number of aliphatic hydroxyl groups is 1. The summed E-state index contributed by atoms with van der Waals surface area (Å²) in [6.07, 6.45) is -0.0197. The van der Waals surface area contributed by atoms with Gasteiger partial charge in [0.05, 0.1) is 12.1 Å². The van der Waals surface area contributed by atoms with Crippen LogP contribution >= 0.6 is 11.6 Å². The van der Waals surface area contributed by atoms with Crippen molar-refractivity contribution in [3.05, 3.63) is 92.1 Å². The van der Waals surface area contributed by atoms with E-state index in [1.54, 1.807) is 30.3 Å². The van der Waals surface area contributed by atoms with Crippen LogP contribution in [-0.2, 0) is 20.1 Å². The van der Waals surface area contributed by atoms with Crippen molar-refractivity contribution < 1.29 is 27.8 Å². The van der Waals surface area contributed by atoms with Crippen molar-refractivity contribution in [2.45, 2.75) is 44.3 Å². The lowest BCUT2D eigenvalue weighted by Gasteiger charge is -2.20. The van der Waals surface area contributed by atoms with Gasteiger partial charge in [-0.25, -0.2) is 4.79 Å². The van der Waals surface area contributed by atoms with Crippen LogP contribution in [0.15, 0.2) is 70.3 Å². The molecule has 210 valence electrons. The summed E-state index contributed by atoms with van der Waals surface area (Å²) >= 11 is 6.02. The maximum atomic E-state index is 13.7. The zero-order chi connectivity index (χ0) is 28.7. The van der Waals surface area contributed by atoms with Crippen LogP contribution < -0.4 is 20.7 Å². The fraction of sp³-hybridized carbons (Fsp3) is 0.296. The number of rotatable bonds is 8. The van der Waals surface area contributed by atoms with E-state index in [1.165, 1.54) is 28.3 Å². The summed E-state index contributed by atoms with van der Waals surface area (Å²) in [5.74, 6) is -0.533. The Kier molecular flexibility index (Phi) is 7.23. The molecule has 9 nitrogen and oxygen atoms in total. The second kappa shape index (κ2) is 10.5. The van der Waals surface area contributed by atoms with E-state index in [1.807, 2.05) is 6.08 Å². The molecule has 2 aromatic heterocycles. The monoisotopic (exact) mass is 576 g/mol. The Bertz CT molecular complexity index is 1710. The van der Waals surface area contributed by atoms with Gasteiger partial charge < -0.3 is 14.6 Å². The number of nitrogens with zero attached hydrogens (tertiary/aromatic N) is 4. The number of hydrogen-bond acceptors (Lipinski definition) is 6. The smallest absolute Gasteiger partial charge is 0.425 e. The quantitative estimate of drug-likeness (QED) is 0.304. The van der Waals surface area contributed by atoms with Crippen LogP contribution in [-0.4, -0.2) is 35.8 Å². The average Bonchev–Trinajstić information content (AvgIpc) is 3.47. The highest BCUT2D eigenvalue weighted by Crippen LogP contribution is 2.31. The topological polar surface area (TPSA) is 101 Å². The van der Waals surface area contributed by atoms with Crippen molar-refractivity contribution in [3.63, 3.8) is 0 Å². The van der Waals surface area contributed by atoms with Gasteiger partial charge in [-0.05, 0) is 49.1 Å². The highest BCUT2D eigenvalue weighted by molar-refractivity contribution is 6.30. The number of imidazole rings is 1. The van der Waals surface area contributed by atoms with Gasteiger partial charge in [0.1, 0.15) is 11.5 Å². The first kappa shape index (κ1) is 27.5. The maximum absolute atomic E-state index is 13.7. The van der Waals surface area contributed by atoms with Gasteiger partial charge in [-0.1, -0.05) is 42.0 Å². The summed E-state index contributed by atoms with van der Waals surface area (Å²) < 4.78 is 51.8. The minimum atomic E-state index is -4.90. The Labute approximate surface area is 230 Å². The first-order valence-corrected chi connectivity index (χ1v) is 12.7. The molecule has 0 spiro atoms. The molecule has 0 amide bonds. The molecule has 0 aliphatic heterocycles. The number of aromatic nitrogens is 4. The van der Waals surface area contributed by atoms with Crippen molar-refractivity contribution in [2.24, 2.45) is 7.05 Å². The van der Waals surface area contributed by atoms with Crippen LogP contribution in [0.1, 0.15) is 24.8 Å². The average molecular weight is 577 g/mol. The first-order valence-electron chi connectivity index (χ1n) is 12.3. The standard InChI is InChI=1S/C27H24ClF3N4O5/c1-33-22-21(23(36)34(25(33)37)14-13-26(38)11-2-3-12-26)35(16-17-7-9-18(28)10-8-17)24(32-22)39-19-5-4-6-20(15-19)40-27(29,30)31/h2,4-11,15,38H,3,12-14,16H2,1H3. The molecule has 4 aromatic rings. The number of allylic oxidation sites excluding steroid dienone is 1. The molecule has 40 heavy (non-hydrogen) atoms. The van der Waals surface area contributed by atoms with Gasteiger partial charge in [-0.3, -0.25) is 18.5 Å². The lowest BCUT2D eigenvalue weighted by Crippen LogP contribution is -2.41. The minimum Gasteiger partial charge on any atom is -0.425 e. The number of hydrogen-bond donors (Lipinski definition) is 1. The van der Waals surface area contributed by atoms with Gasteiger partial charge in [0.25, 0.3) is 5.56 Å². The first-order chi connectivity index (χ1) is 18.9. The second-order valence-electron chi connectivity index (χ2n) is 9.50. The summed E-state index contributed by atoms with van der Waals surface area (Å²) in [5, 5.41) is 11.2. The van der Waals surface area contributed by atoms with E-state index >= 15 is 0 Å². The molecule has 2 aromatic carbocycles. The molecule has 0 bridgehead atoms. The lowest BCUT2D eigenvalue weighted by molar-refractivity contribution is -0.274. The zero-order valence-corrected chi connectivity index (χ0v) is 21.9. The number of halogens is 4. The van der Waals surface area contributed by atoms with Gasteiger partial charge >= 0.3 is 18.1 Å². The molecule has 0 fully saturated rings. The molecule has 1 unspecified atom stereocenters. The summed E-state index contributed by atoms with van der Waals surface area (Å²) in [6, 6.07) is 11.5. The summed E-state index contributed by atoms with van der Waals surface area (Å²) in [6.45, 7) is 0.0310. The third kappa shape index (κ3) is 5.77. The Morgan fingerprint density at radius 2 is 1.82 bits per heavy atom. The molecule has 1 N–H and O–H groups in total. The third-order valence-electron chi connectivity index (χ3n) is 6.64. The summed E-state index contributed by atoms with van der Waals surface area (Å²) in [4.78, 5) is 31.3. The van der Waals surface area contributed by atoms with Crippen molar-refractivity contribution in [2.75, 3.05) is 0 Å². The van der Waals surface area contributed by atoms with Crippen LogP contribution in [0, 0.1) is 0 Å². The third-order valence-corrected chi connectivity index (χ3v) is 6.89. The van der Waals surface area contributed by atoms with E-state index in [4.69, 9.17) is 16.3 Å². The molecule has 0 saturated heterocycles. The molecule has 1 aliphatic carbocycles. The molecule has 13 heteroatoms. The molecular weight excluding hydrogens is 553 g/mol. The summed E-state index contributed by atoms with van der Waals surface area (Å²) in [7, 11) is 1.45. The number of benzene rings is 2. The predicted octanol–water partition coefficient (Wildman–Crippen LogP) is 4.76. The highest BCUT2D eigenvalue weighted by Gasteiger charge is 2.31. The minimum absolute atomic E-state index is 0.0254. The molecular formula is C27H24ClF3N4O5.